The minimum atomic E-state index is -0.333. The normalized spacial score (nSPS) is 17.4. The van der Waals surface area contributed by atoms with Crippen LogP contribution in [0.4, 0.5) is 10.2 Å². The predicted molar refractivity (Wildman–Crippen MR) is 91.2 cm³/mol. The average Bonchev–Trinajstić information content (AvgIpc) is 3.23. The highest BCUT2D eigenvalue weighted by atomic mass is 19.1. The fourth-order valence-corrected chi connectivity index (χ4v) is 3.43. The van der Waals surface area contributed by atoms with Gasteiger partial charge in [-0.3, -0.25) is 4.79 Å². The van der Waals surface area contributed by atoms with E-state index < -0.39 is 0 Å². The molecule has 0 N–H and O–H groups in total. The van der Waals surface area contributed by atoms with Crippen molar-refractivity contribution >= 4 is 17.4 Å². The number of fused-ring (bicyclic) bond motifs is 1. The van der Waals surface area contributed by atoms with Crippen molar-refractivity contribution in [1.29, 1.82) is 0 Å². The second-order valence-electron chi connectivity index (χ2n) is 6.35. The van der Waals surface area contributed by atoms with Crippen molar-refractivity contribution in [3.8, 4) is 0 Å². The Hall–Kier alpha value is -2.83. The molecule has 0 amide bonds. The van der Waals surface area contributed by atoms with Crippen LogP contribution in [0.15, 0.2) is 36.7 Å². The number of carbonyl (C=O) groups excluding carboxylic acids is 1. The first-order chi connectivity index (χ1) is 12.1. The Kier molecular flexibility index (Phi) is 3.91. The number of rotatable bonds is 4. The first kappa shape index (κ1) is 15.7. The van der Waals surface area contributed by atoms with E-state index in [4.69, 9.17) is 0 Å². The minimum Gasteiger partial charge on any atom is -0.353 e. The number of benzene rings is 1. The molecule has 2 aromatic heterocycles. The summed E-state index contributed by atoms with van der Waals surface area (Å²) < 4.78 is 14.8. The number of halogens is 1. The Balaban J connectivity index is 1.61. The zero-order valence-corrected chi connectivity index (χ0v) is 13.9. The maximum atomic E-state index is 13.1. The van der Waals surface area contributed by atoms with Gasteiger partial charge in [0.25, 0.3) is 5.78 Å². The van der Waals surface area contributed by atoms with Gasteiger partial charge in [0.15, 0.2) is 5.78 Å². The summed E-state index contributed by atoms with van der Waals surface area (Å²) in [6.45, 7) is 2.78. The monoisotopic (exact) mass is 339 g/mol. The molecule has 0 saturated carbocycles. The number of Topliss-reactive ketones (excluding diaryl/α,β-unsaturated/α-hetero) is 1. The molecule has 0 radical (unpaired) electrons. The molecule has 1 fully saturated rings. The largest absolute Gasteiger partial charge is 0.353 e. The van der Waals surface area contributed by atoms with Crippen molar-refractivity contribution in [3.05, 3.63) is 53.7 Å². The van der Waals surface area contributed by atoms with Gasteiger partial charge >= 0.3 is 0 Å². The van der Waals surface area contributed by atoms with Gasteiger partial charge in [-0.25, -0.2) is 9.37 Å². The van der Waals surface area contributed by atoms with Crippen molar-refractivity contribution in [1.82, 2.24) is 19.6 Å². The van der Waals surface area contributed by atoms with Gasteiger partial charge in [0.05, 0.1) is 0 Å². The molecular formula is C18H18FN5O. The van der Waals surface area contributed by atoms with Gasteiger partial charge in [-0.2, -0.15) is 14.6 Å². The number of aryl methyl sites for hydroxylation is 1. The van der Waals surface area contributed by atoms with E-state index >= 15 is 0 Å². The Morgan fingerprint density at radius 1 is 1.32 bits per heavy atom. The van der Waals surface area contributed by atoms with Crippen LogP contribution in [0.2, 0.25) is 0 Å². The smallest absolute Gasteiger partial charge is 0.254 e. The standard InChI is InChI=1S/C18H18FN5O/c1-12-9-17(24-18(22-12)20-11-21-24)23-8-2-3-15(23)10-16(25)13-4-6-14(19)7-5-13/h4-7,9,11,15H,2-3,8,10H2,1H3/t15-/m0/s1. The fraction of sp³-hybridized carbons (Fsp3) is 0.333. The summed E-state index contributed by atoms with van der Waals surface area (Å²) >= 11 is 0. The second-order valence-corrected chi connectivity index (χ2v) is 6.35. The maximum absolute atomic E-state index is 13.1. The molecule has 1 atom stereocenters. The van der Waals surface area contributed by atoms with Crippen LogP contribution in [0.1, 0.15) is 35.3 Å². The lowest BCUT2D eigenvalue weighted by Crippen LogP contribution is -2.33. The summed E-state index contributed by atoms with van der Waals surface area (Å²) in [5, 5.41) is 4.26. The van der Waals surface area contributed by atoms with Crippen molar-refractivity contribution < 1.29 is 9.18 Å². The van der Waals surface area contributed by atoms with Crippen molar-refractivity contribution in [3.63, 3.8) is 0 Å². The average molecular weight is 339 g/mol. The van der Waals surface area contributed by atoms with Gasteiger partial charge in [-0.1, -0.05) is 0 Å². The van der Waals surface area contributed by atoms with Crippen molar-refractivity contribution in [2.45, 2.75) is 32.2 Å². The van der Waals surface area contributed by atoms with Crippen molar-refractivity contribution in [2.75, 3.05) is 11.4 Å². The third-order valence-electron chi connectivity index (χ3n) is 4.62. The molecule has 0 bridgehead atoms. The van der Waals surface area contributed by atoms with Gasteiger partial charge in [0, 0.05) is 36.3 Å². The Morgan fingerprint density at radius 3 is 2.92 bits per heavy atom. The molecule has 0 spiro atoms. The molecule has 4 rings (SSSR count). The quantitative estimate of drug-likeness (QED) is 0.684. The topological polar surface area (TPSA) is 63.4 Å². The molecule has 0 unspecified atom stereocenters. The summed E-state index contributed by atoms with van der Waals surface area (Å²) in [6.07, 6.45) is 3.83. The van der Waals surface area contributed by atoms with Crippen LogP contribution in [0, 0.1) is 12.7 Å². The highest BCUT2D eigenvalue weighted by Gasteiger charge is 2.29. The van der Waals surface area contributed by atoms with Crippen LogP contribution < -0.4 is 4.90 Å². The maximum Gasteiger partial charge on any atom is 0.254 e. The summed E-state index contributed by atoms with van der Waals surface area (Å²) in [7, 11) is 0. The molecule has 1 aliphatic rings. The molecule has 0 aliphatic carbocycles. The summed E-state index contributed by atoms with van der Waals surface area (Å²) in [4.78, 5) is 23.3. The van der Waals surface area contributed by atoms with E-state index in [9.17, 15) is 9.18 Å². The molecule has 25 heavy (non-hydrogen) atoms. The van der Waals surface area contributed by atoms with Gasteiger partial charge in [0.1, 0.15) is 18.0 Å². The highest BCUT2D eigenvalue weighted by Crippen LogP contribution is 2.28. The van der Waals surface area contributed by atoms with Crippen molar-refractivity contribution in [2.24, 2.45) is 0 Å². The Labute approximate surface area is 144 Å². The third-order valence-corrected chi connectivity index (χ3v) is 4.62. The van der Waals surface area contributed by atoms with E-state index in [1.54, 1.807) is 16.6 Å². The lowest BCUT2D eigenvalue weighted by Gasteiger charge is -2.26. The van der Waals surface area contributed by atoms with E-state index in [2.05, 4.69) is 20.0 Å². The molecule has 1 aliphatic heterocycles. The fourth-order valence-electron chi connectivity index (χ4n) is 3.43. The number of hydrogen-bond donors (Lipinski definition) is 0. The SMILES string of the molecule is Cc1cc(N2CCC[C@H]2CC(=O)c2ccc(F)cc2)n2ncnc2n1. The van der Waals surface area contributed by atoms with E-state index in [0.29, 0.717) is 17.8 Å². The van der Waals surface area contributed by atoms with Crippen LogP contribution >= 0.6 is 0 Å². The van der Waals surface area contributed by atoms with E-state index in [1.807, 2.05) is 13.0 Å². The number of hydrogen-bond acceptors (Lipinski definition) is 5. The lowest BCUT2D eigenvalue weighted by atomic mass is 10.0. The third kappa shape index (κ3) is 2.97. The van der Waals surface area contributed by atoms with E-state index in [0.717, 1.165) is 30.9 Å². The minimum absolute atomic E-state index is 0.0255. The van der Waals surface area contributed by atoms with Gasteiger partial charge < -0.3 is 4.90 Å². The summed E-state index contributed by atoms with van der Waals surface area (Å²) in [5.41, 5.74) is 1.41. The number of nitrogens with zero attached hydrogens (tertiary/aromatic N) is 5. The molecular weight excluding hydrogens is 321 g/mol. The molecule has 3 heterocycles. The zero-order valence-electron chi connectivity index (χ0n) is 13.9. The molecule has 1 saturated heterocycles. The summed E-state index contributed by atoms with van der Waals surface area (Å²) in [6, 6.07) is 7.80. The number of ketones is 1. The predicted octanol–water partition coefficient (Wildman–Crippen LogP) is 2.81. The molecule has 3 aromatic rings. The van der Waals surface area contributed by atoms with Crippen LogP contribution in [0.5, 0.6) is 0 Å². The van der Waals surface area contributed by atoms with Crippen LogP contribution in [-0.4, -0.2) is 38.0 Å². The molecule has 128 valence electrons. The number of aromatic nitrogens is 4. The Bertz CT molecular complexity index is 921. The second kappa shape index (κ2) is 6.23. The lowest BCUT2D eigenvalue weighted by molar-refractivity contribution is 0.0974. The Morgan fingerprint density at radius 2 is 2.12 bits per heavy atom. The molecule has 7 heteroatoms. The highest BCUT2D eigenvalue weighted by molar-refractivity contribution is 5.96. The van der Waals surface area contributed by atoms with Crippen LogP contribution in [0.3, 0.4) is 0 Å². The first-order valence-electron chi connectivity index (χ1n) is 8.34. The van der Waals surface area contributed by atoms with Gasteiger partial charge in [-0.15, -0.1) is 0 Å². The summed E-state index contributed by atoms with van der Waals surface area (Å²) in [5.74, 6) is 1.16. The molecule has 6 nitrogen and oxygen atoms in total. The van der Waals surface area contributed by atoms with E-state index in [-0.39, 0.29) is 17.6 Å². The number of carbonyl (C=O) groups is 1. The van der Waals surface area contributed by atoms with Crippen LogP contribution in [0.25, 0.3) is 5.78 Å². The van der Waals surface area contributed by atoms with Gasteiger partial charge in [0.2, 0.25) is 0 Å². The molecule has 1 aromatic carbocycles. The first-order valence-corrected chi connectivity index (χ1v) is 8.34. The number of anilines is 1. The van der Waals surface area contributed by atoms with Gasteiger partial charge in [-0.05, 0) is 44.0 Å². The van der Waals surface area contributed by atoms with E-state index in [1.165, 1.54) is 18.5 Å². The van der Waals surface area contributed by atoms with Crippen LogP contribution in [-0.2, 0) is 0 Å². The zero-order chi connectivity index (χ0) is 17.4.